The van der Waals surface area contributed by atoms with E-state index in [-0.39, 0.29) is 5.02 Å². The molecule has 4 nitrogen and oxygen atoms in total. The Morgan fingerprint density at radius 2 is 2.00 bits per heavy atom. The second-order valence-electron chi connectivity index (χ2n) is 3.79. The fraction of sp³-hybridized carbons (Fsp3) is 0.0833. The lowest BCUT2D eigenvalue weighted by molar-refractivity contribution is 0.601. The van der Waals surface area contributed by atoms with Gasteiger partial charge in [-0.25, -0.2) is 19.3 Å². The summed E-state index contributed by atoms with van der Waals surface area (Å²) in [6, 6.07) is 4.92. The zero-order valence-electron chi connectivity index (χ0n) is 9.22. The van der Waals surface area contributed by atoms with Gasteiger partial charge in [0.2, 0.25) is 0 Å². The molecule has 0 spiro atoms. The highest BCUT2D eigenvalue weighted by molar-refractivity contribution is 6.30. The Bertz CT molecular complexity index is 710. The molecule has 0 radical (unpaired) electrons. The molecule has 0 aliphatic carbocycles. The molecule has 2 heterocycles. The SMILES string of the molecule is Fc1c(Cl)cccc1Cn1cnc2nccnc21. The molecule has 3 aromatic rings. The third kappa shape index (κ3) is 1.82. The van der Waals surface area contributed by atoms with E-state index in [0.717, 1.165) is 0 Å². The van der Waals surface area contributed by atoms with Gasteiger partial charge in [-0.1, -0.05) is 23.7 Å². The van der Waals surface area contributed by atoms with E-state index < -0.39 is 5.82 Å². The van der Waals surface area contributed by atoms with Crippen molar-refractivity contribution in [2.75, 3.05) is 0 Å². The third-order valence-electron chi connectivity index (χ3n) is 2.62. The number of fused-ring (bicyclic) bond motifs is 1. The Morgan fingerprint density at radius 1 is 1.17 bits per heavy atom. The van der Waals surface area contributed by atoms with Crippen molar-refractivity contribution in [1.82, 2.24) is 19.5 Å². The lowest BCUT2D eigenvalue weighted by Crippen LogP contribution is -2.02. The minimum Gasteiger partial charge on any atom is -0.309 e. The molecule has 0 N–H and O–H groups in total. The van der Waals surface area contributed by atoms with Gasteiger partial charge in [0.25, 0.3) is 0 Å². The molecule has 0 saturated heterocycles. The zero-order valence-corrected chi connectivity index (χ0v) is 9.97. The van der Waals surface area contributed by atoms with Crippen LogP contribution >= 0.6 is 11.6 Å². The first-order valence-electron chi connectivity index (χ1n) is 5.30. The fourth-order valence-corrected chi connectivity index (χ4v) is 1.96. The van der Waals surface area contributed by atoms with Crippen LogP contribution < -0.4 is 0 Å². The van der Waals surface area contributed by atoms with Crippen molar-refractivity contribution in [2.45, 2.75) is 6.54 Å². The van der Waals surface area contributed by atoms with Crippen LogP contribution in [-0.4, -0.2) is 19.5 Å². The number of hydrogen-bond acceptors (Lipinski definition) is 3. The second-order valence-corrected chi connectivity index (χ2v) is 4.20. The first-order valence-corrected chi connectivity index (χ1v) is 5.68. The van der Waals surface area contributed by atoms with Crippen molar-refractivity contribution in [1.29, 1.82) is 0 Å². The molecule has 0 aliphatic heterocycles. The van der Waals surface area contributed by atoms with Crippen LogP contribution in [0.15, 0.2) is 36.9 Å². The summed E-state index contributed by atoms with van der Waals surface area (Å²) in [4.78, 5) is 12.3. The maximum Gasteiger partial charge on any atom is 0.197 e. The van der Waals surface area contributed by atoms with Gasteiger partial charge in [-0.05, 0) is 6.07 Å². The average Bonchev–Trinajstić information content (AvgIpc) is 2.79. The highest BCUT2D eigenvalue weighted by atomic mass is 35.5. The van der Waals surface area contributed by atoms with Crippen LogP contribution in [0, 0.1) is 5.82 Å². The molecule has 0 amide bonds. The molecular weight excluding hydrogens is 255 g/mol. The van der Waals surface area contributed by atoms with Gasteiger partial charge < -0.3 is 4.57 Å². The van der Waals surface area contributed by atoms with Crippen molar-refractivity contribution in [3.63, 3.8) is 0 Å². The quantitative estimate of drug-likeness (QED) is 0.713. The molecule has 3 rings (SSSR count). The second kappa shape index (κ2) is 4.34. The number of imidazole rings is 1. The first kappa shape index (κ1) is 11.1. The minimum atomic E-state index is -0.412. The van der Waals surface area contributed by atoms with Crippen LogP contribution in [0.2, 0.25) is 5.02 Å². The minimum absolute atomic E-state index is 0.114. The van der Waals surface area contributed by atoms with Crippen molar-refractivity contribution in [3.8, 4) is 0 Å². The first-order chi connectivity index (χ1) is 8.75. The highest BCUT2D eigenvalue weighted by Gasteiger charge is 2.09. The normalized spacial score (nSPS) is 11.0. The van der Waals surface area contributed by atoms with E-state index in [1.165, 1.54) is 6.07 Å². The molecule has 6 heteroatoms. The lowest BCUT2D eigenvalue weighted by atomic mass is 10.2. The van der Waals surface area contributed by atoms with E-state index >= 15 is 0 Å². The third-order valence-corrected chi connectivity index (χ3v) is 2.92. The molecule has 18 heavy (non-hydrogen) atoms. The lowest BCUT2D eigenvalue weighted by Gasteiger charge is -2.05. The van der Waals surface area contributed by atoms with Crippen molar-refractivity contribution in [3.05, 3.63) is 53.3 Å². The van der Waals surface area contributed by atoms with Crippen molar-refractivity contribution < 1.29 is 4.39 Å². The maximum absolute atomic E-state index is 13.8. The smallest absolute Gasteiger partial charge is 0.197 e. The van der Waals surface area contributed by atoms with E-state index in [4.69, 9.17) is 11.6 Å². The van der Waals surface area contributed by atoms with Gasteiger partial charge in [-0.15, -0.1) is 0 Å². The largest absolute Gasteiger partial charge is 0.309 e. The summed E-state index contributed by atoms with van der Waals surface area (Å²) in [5, 5.41) is 0.114. The fourth-order valence-electron chi connectivity index (χ4n) is 1.77. The summed E-state index contributed by atoms with van der Waals surface area (Å²) in [7, 11) is 0. The van der Waals surface area contributed by atoms with E-state index in [0.29, 0.717) is 23.4 Å². The molecule has 0 fully saturated rings. The average molecular weight is 263 g/mol. The standard InChI is InChI=1S/C12H8ClFN4/c13-9-3-1-2-8(10(9)14)6-18-7-17-11-12(18)16-5-4-15-11/h1-5,7H,6H2. The number of aromatic nitrogens is 4. The molecule has 90 valence electrons. The zero-order chi connectivity index (χ0) is 12.5. The van der Waals surface area contributed by atoms with Crippen LogP contribution in [0.5, 0.6) is 0 Å². The van der Waals surface area contributed by atoms with E-state index in [1.54, 1.807) is 35.4 Å². The molecule has 1 aromatic carbocycles. The van der Waals surface area contributed by atoms with Crippen molar-refractivity contribution in [2.24, 2.45) is 0 Å². The van der Waals surface area contributed by atoms with Crippen molar-refractivity contribution >= 4 is 22.9 Å². The molecule has 0 unspecified atom stereocenters. The number of benzene rings is 1. The van der Waals surface area contributed by atoms with Gasteiger partial charge in [0, 0.05) is 18.0 Å². The maximum atomic E-state index is 13.8. The van der Waals surface area contributed by atoms with Gasteiger partial charge in [-0.2, -0.15) is 0 Å². The van der Waals surface area contributed by atoms with Crippen LogP contribution in [0.25, 0.3) is 11.3 Å². The number of nitrogens with zero attached hydrogens (tertiary/aromatic N) is 4. The summed E-state index contributed by atoms with van der Waals surface area (Å²) in [5.41, 5.74) is 1.66. The van der Waals surface area contributed by atoms with Gasteiger partial charge in [-0.3, -0.25) is 0 Å². The van der Waals surface area contributed by atoms with E-state index in [9.17, 15) is 4.39 Å². The Morgan fingerprint density at radius 3 is 2.89 bits per heavy atom. The van der Waals surface area contributed by atoms with E-state index in [1.807, 2.05) is 0 Å². The Kier molecular flexibility index (Phi) is 2.68. The summed E-state index contributed by atoms with van der Waals surface area (Å²) in [6.45, 7) is 0.321. The number of hydrogen-bond donors (Lipinski definition) is 0. The van der Waals surface area contributed by atoms with Crippen LogP contribution in [0.1, 0.15) is 5.56 Å². The van der Waals surface area contributed by atoms with Crippen LogP contribution in [0.4, 0.5) is 4.39 Å². The predicted octanol–water partition coefficient (Wildman–Crippen LogP) is 2.67. The summed E-state index contributed by atoms with van der Waals surface area (Å²) in [5.74, 6) is -0.412. The predicted molar refractivity (Wildman–Crippen MR) is 65.8 cm³/mol. The van der Waals surface area contributed by atoms with Crippen LogP contribution in [0.3, 0.4) is 0 Å². The molecule has 0 aliphatic rings. The Balaban J connectivity index is 2.04. The molecule has 2 aromatic heterocycles. The monoisotopic (exact) mass is 262 g/mol. The van der Waals surface area contributed by atoms with Gasteiger partial charge in [0.05, 0.1) is 17.9 Å². The topological polar surface area (TPSA) is 43.6 Å². The molecular formula is C12H8ClFN4. The summed E-state index contributed by atoms with van der Waals surface area (Å²) in [6.07, 6.45) is 4.74. The number of halogens is 2. The highest BCUT2D eigenvalue weighted by Crippen LogP contribution is 2.19. The molecule has 0 saturated carbocycles. The van der Waals surface area contributed by atoms with Gasteiger partial charge in [0.1, 0.15) is 5.82 Å². The Labute approximate surface area is 107 Å². The summed E-state index contributed by atoms with van der Waals surface area (Å²) < 4.78 is 15.5. The summed E-state index contributed by atoms with van der Waals surface area (Å²) >= 11 is 5.74. The Hall–Kier alpha value is -2.01. The van der Waals surface area contributed by atoms with Crippen LogP contribution in [-0.2, 0) is 6.54 Å². The van der Waals surface area contributed by atoms with E-state index in [2.05, 4.69) is 15.0 Å². The molecule has 0 bridgehead atoms. The number of rotatable bonds is 2. The van der Waals surface area contributed by atoms with Gasteiger partial charge >= 0.3 is 0 Å². The van der Waals surface area contributed by atoms with Gasteiger partial charge in [0.15, 0.2) is 11.3 Å². The molecule has 0 atom stereocenters.